The van der Waals surface area contributed by atoms with E-state index in [-0.39, 0.29) is 12.4 Å². The summed E-state index contributed by atoms with van der Waals surface area (Å²) < 4.78 is 5.21. The number of aromatic nitrogens is 2. The number of aryl methyl sites for hydroxylation is 2. The third kappa shape index (κ3) is 3.88. The van der Waals surface area contributed by atoms with Crippen LogP contribution in [0.25, 0.3) is 0 Å². The summed E-state index contributed by atoms with van der Waals surface area (Å²) in [6, 6.07) is 3.90. The lowest BCUT2D eigenvalue weighted by atomic mass is 10.1. The molecule has 2 aromatic heterocycles. The molecule has 2 aromatic rings. The third-order valence-corrected chi connectivity index (χ3v) is 2.11. The summed E-state index contributed by atoms with van der Waals surface area (Å²) in [5.74, 6) is 0.624. The lowest BCUT2D eigenvalue weighted by Gasteiger charge is -1.96. The van der Waals surface area contributed by atoms with Gasteiger partial charge in [-0.05, 0) is 18.1 Å². The van der Waals surface area contributed by atoms with Crippen molar-refractivity contribution in [3.63, 3.8) is 0 Å². The first kappa shape index (κ1) is 13.2. The van der Waals surface area contributed by atoms with Crippen LogP contribution in [0.1, 0.15) is 17.1 Å². The highest BCUT2D eigenvalue weighted by Crippen LogP contribution is 2.05. The Hall–Kier alpha value is -1.88. The molecule has 0 saturated carbocycles. The van der Waals surface area contributed by atoms with Gasteiger partial charge in [-0.15, -0.1) is 12.4 Å². The Balaban J connectivity index is 0.00000144. The van der Waals surface area contributed by atoms with Gasteiger partial charge in [-0.25, -0.2) is 4.98 Å². The summed E-state index contributed by atoms with van der Waals surface area (Å²) in [6.45, 7) is 0. The zero-order chi connectivity index (χ0) is 11.2. The molecule has 0 atom stereocenters. The van der Waals surface area contributed by atoms with Gasteiger partial charge in [0.2, 0.25) is 0 Å². The van der Waals surface area contributed by atoms with Crippen LogP contribution in [-0.2, 0) is 12.8 Å². The molecular weight excluding hydrogens is 242 g/mol. The third-order valence-electron chi connectivity index (χ3n) is 2.11. The lowest BCUT2D eigenvalue weighted by molar-refractivity contribution is 0.321. The summed E-state index contributed by atoms with van der Waals surface area (Å²) in [6.07, 6.45) is 7.77. The van der Waals surface area contributed by atoms with E-state index < -0.39 is 0 Å². The fourth-order valence-corrected chi connectivity index (χ4v) is 1.36. The molecule has 6 heteroatoms. The van der Waals surface area contributed by atoms with Crippen molar-refractivity contribution in [2.75, 3.05) is 0 Å². The van der Waals surface area contributed by atoms with Crippen LogP contribution in [0.15, 0.2) is 40.4 Å². The standard InChI is InChI=1S/C11H11N3O2.ClH/c15-13-7-10-8-16-11(14-10)4-3-9-2-1-5-12-6-9;/h1-2,5-8,15H,3-4H2;1H/b13-7+;. The highest BCUT2D eigenvalue weighted by atomic mass is 35.5. The van der Waals surface area contributed by atoms with Crippen molar-refractivity contribution in [1.82, 2.24) is 9.97 Å². The zero-order valence-corrected chi connectivity index (χ0v) is 9.80. The number of oxime groups is 1. The molecule has 2 heterocycles. The monoisotopic (exact) mass is 253 g/mol. The molecule has 0 fully saturated rings. The number of hydrogen-bond acceptors (Lipinski definition) is 5. The molecule has 0 aromatic carbocycles. The van der Waals surface area contributed by atoms with Gasteiger partial charge in [0.05, 0.1) is 6.21 Å². The van der Waals surface area contributed by atoms with E-state index in [0.717, 1.165) is 12.0 Å². The summed E-state index contributed by atoms with van der Waals surface area (Å²) >= 11 is 0. The highest BCUT2D eigenvalue weighted by molar-refractivity contribution is 5.85. The van der Waals surface area contributed by atoms with Crippen molar-refractivity contribution in [1.29, 1.82) is 0 Å². The quantitative estimate of drug-likeness (QED) is 0.514. The van der Waals surface area contributed by atoms with E-state index in [1.165, 1.54) is 12.5 Å². The minimum Gasteiger partial charge on any atom is -0.448 e. The Morgan fingerprint density at radius 2 is 2.29 bits per heavy atom. The zero-order valence-electron chi connectivity index (χ0n) is 8.98. The number of nitrogens with zero attached hydrogens (tertiary/aromatic N) is 3. The first-order chi connectivity index (χ1) is 7.88. The van der Waals surface area contributed by atoms with Crippen molar-refractivity contribution in [3.8, 4) is 0 Å². The van der Waals surface area contributed by atoms with Crippen LogP contribution in [-0.4, -0.2) is 21.4 Å². The summed E-state index contributed by atoms with van der Waals surface area (Å²) in [5, 5.41) is 11.2. The topological polar surface area (TPSA) is 71.5 Å². The maximum absolute atomic E-state index is 8.32. The second-order valence-electron chi connectivity index (χ2n) is 3.27. The van der Waals surface area contributed by atoms with Crippen LogP contribution >= 0.6 is 12.4 Å². The van der Waals surface area contributed by atoms with E-state index in [1.54, 1.807) is 6.20 Å². The maximum Gasteiger partial charge on any atom is 0.194 e. The van der Waals surface area contributed by atoms with Crippen molar-refractivity contribution in [2.45, 2.75) is 12.8 Å². The molecule has 0 spiro atoms. The average molecular weight is 254 g/mol. The van der Waals surface area contributed by atoms with E-state index in [9.17, 15) is 0 Å². The maximum atomic E-state index is 8.32. The number of pyridine rings is 1. The number of hydrogen-bond donors (Lipinski definition) is 1. The molecule has 90 valence electrons. The Bertz CT molecular complexity index is 471. The molecule has 5 nitrogen and oxygen atoms in total. The first-order valence-electron chi connectivity index (χ1n) is 4.89. The predicted octanol–water partition coefficient (Wildman–Crippen LogP) is 2.08. The summed E-state index contributed by atoms with van der Waals surface area (Å²) in [5.41, 5.74) is 1.65. The molecule has 0 bridgehead atoms. The van der Waals surface area contributed by atoms with Crippen LogP contribution < -0.4 is 0 Å². The largest absolute Gasteiger partial charge is 0.448 e. The molecule has 0 aliphatic rings. The van der Waals surface area contributed by atoms with E-state index in [0.29, 0.717) is 18.0 Å². The van der Waals surface area contributed by atoms with E-state index >= 15 is 0 Å². The molecule has 17 heavy (non-hydrogen) atoms. The van der Waals surface area contributed by atoms with Crippen molar-refractivity contribution < 1.29 is 9.62 Å². The van der Waals surface area contributed by atoms with Crippen LogP contribution in [0.2, 0.25) is 0 Å². The normalized spacial score (nSPS) is 10.4. The number of oxazole rings is 1. The number of halogens is 1. The fourth-order valence-electron chi connectivity index (χ4n) is 1.36. The smallest absolute Gasteiger partial charge is 0.194 e. The van der Waals surface area contributed by atoms with E-state index in [2.05, 4.69) is 15.1 Å². The van der Waals surface area contributed by atoms with Gasteiger partial charge in [0, 0.05) is 18.8 Å². The van der Waals surface area contributed by atoms with Gasteiger partial charge in [-0.2, -0.15) is 0 Å². The highest BCUT2D eigenvalue weighted by Gasteiger charge is 2.02. The molecule has 0 aliphatic carbocycles. The minimum atomic E-state index is 0. The van der Waals surface area contributed by atoms with Crippen molar-refractivity contribution in [3.05, 3.63) is 47.9 Å². The van der Waals surface area contributed by atoms with Crippen LogP contribution in [0.3, 0.4) is 0 Å². The SMILES string of the molecule is Cl.O/N=C/c1coc(CCc2cccnc2)n1. The van der Waals surface area contributed by atoms with Crippen molar-refractivity contribution >= 4 is 18.6 Å². The van der Waals surface area contributed by atoms with Crippen molar-refractivity contribution in [2.24, 2.45) is 5.16 Å². The van der Waals surface area contributed by atoms with E-state index in [1.807, 2.05) is 18.3 Å². The Morgan fingerprint density at radius 1 is 1.41 bits per heavy atom. The molecule has 0 aliphatic heterocycles. The first-order valence-corrected chi connectivity index (χ1v) is 4.89. The van der Waals surface area contributed by atoms with Gasteiger partial charge in [-0.3, -0.25) is 4.98 Å². The molecule has 0 saturated heterocycles. The number of rotatable bonds is 4. The molecule has 0 radical (unpaired) electrons. The van der Waals surface area contributed by atoms with Gasteiger partial charge < -0.3 is 9.62 Å². The summed E-state index contributed by atoms with van der Waals surface area (Å²) in [7, 11) is 0. The fraction of sp³-hybridized carbons (Fsp3) is 0.182. The second kappa shape index (κ2) is 6.65. The van der Waals surface area contributed by atoms with Gasteiger partial charge in [-0.1, -0.05) is 11.2 Å². The van der Waals surface area contributed by atoms with Gasteiger partial charge in [0.25, 0.3) is 0 Å². The van der Waals surface area contributed by atoms with E-state index in [4.69, 9.17) is 9.62 Å². The Kier molecular flexibility index (Phi) is 5.16. The Morgan fingerprint density at radius 3 is 3.00 bits per heavy atom. The van der Waals surface area contributed by atoms with Crippen LogP contribution in [0.4, 0.5) is 0 Å². The van der Waals surface area contributed by atoms with Crippen LogP contribution in [0, 0.1) is 0 Å². The Labute approximate surface area is 105 Å². The minimum absolute atomic E-state index is 0. The second-order valence-corrected chi connectivity index (χ2v) is 3.27. The summed E-state index contributed by atoms with van der Waals surface area (Å²) in [4.78, 5) is 8.15. The average Bonchev–Trinajstić information content (AvgIpc) is 2.76. The molecule has 1 N–H and O–H groups in total. The van der Waals surface area contributed by atoms with Crippen LogP contribution in [0.5, 0.6) is 0 Å². The lowest BCUT2D eigenvalue weighted by Crippen LogP contribution is -1.92. The van der Waals surface area contributed by atoms with Gasteiger partial charge >= 0.3 is 0 Å². The van der Waals surface area contributed by atoms with Gasteiger partial charge in [0.15, 0.2) is 5.89 Å². The molecular formula is C11H12ClN3O2. The molecule has 0 unspecified atom stereocenters. The molecule has 2 rings (SSSR count). The predicted molar refractivity (Wildman–Crippen MR) is 64.8 cm³/mol. The van der Waals surface area contributed by atoms with Gasteiger partial charge in [0.1, 0.15) is 12.0 Å². The molecule has 0 amide bonds.